The molecule has 3 amide bonds. The molecule has 3 rings (SSSR count). The Bertz CT molecular complexity index is 827. The van der Waals surface area contributed by atoms with Gasteiger partial charge in [0, 0.05) is 28.5 Å². The van der Waals surface area contributed by atoms with Gasteiger partial charge in [0.2, 0.25) is 13.0 Å². The third-order valence-corrected chi connectivity index (χ3v) is 6.55. The smallest absolute Gasteiger partial charge is 0.352 e. The Morgan fingerprint density at radius 3 is 2.74 bits per heavy atom. The number of rotatable bonds is 8. The summed E-state index contributed by atoms with van der Waals surface area (Å²) in [5.74, 6) is -1.12. The van der Waals surface area contributed by atoms with Crippen molar-refractivity contribution in [2.75, 3.05) is 11.5 Å². The number of carbonyl (C=O) groups excluding carboxylic acids is 3. The minimum Gasteiger partial charge on any atom is -0.477 e. The molecular formula is C16H17N4O5S2+. The number of fused-ring (bicyclic) bond motifs is 1. The molecule has 3 heterocycles. The molecule has 2 aliphatic rings. The van der Waals surface area contributed by atoms with E-state index < -0.39 is 23.8 Å². The molecule has 1 aromatic heterocycles. The predicted molar refractivity (Wildman–Crippen MR) is 97.3 cm³/mol. The zero-order valence-corrected chi connectivity index (χ0v) is 15.7. The van der Waals surface area contributed by atoms with Crippen LogP contribution in [0.1, 0.15) is 0 Å². The molecule has 11 heteroatoms. The number of aliphatic carboxylic acids is 1. The summed E-state index contributed by atoms with van der Waals surface area (Å²) in [6.07, 6.45) is 3.90. The highest BCUT2D eigenvalue weighted by Gasteiger charge is 2.53. The van der Waals surface area contributed by atoms with E-state index in [1.165, 1.54) is 28.4 Å². The molecule has 1 aromatic rings. The number of hydrogen-bond donors (Lipinski definition) is 3. The van der Waals surface area contributed by atoms with Gasteiger partial charge < -0.3 is 16.2 Å². The summed E-state index contributed by atoms with van der Waals surface area (Å²) in [5.41, 5.74) is 5.80. The van der Waals surface area contributed by atoms with E-state index in [0.717, 1.165) is 4.90 Å². The van der Waals surface area contributed by atoms with Gasteiger partial charge in [-0.15, -0.1) is 23.5 Å². The lowest BCUT2D eigenvalue weighted by atomic mass is 10.0. The molecule has 9 nitrogen and oxygen atoms in total. The first-order valence-electron chi connectivity index (χ1n) is 7.92. The number of carboxylic acids is 1. The number of hydrogen-bond acceptors (Lipinski definition) is 6. The van der Waals surface area contributed by atoms with Crippen molar-refractivity contribution in [3.63, 3.8) is 0 Å². The summed E-state index contributed by atoms with van der Waals surface area (Å²) >= 11 is 2.87. The summed E-state index contributed by atoms with van der Waals surface area (Å²) in [6.45, 7) is 0.0877. The molecule has 0 unspecified atom stereocenters. The fraction of sp³-hybridized carbons (Fsp3) is 0.312. The molecule has 0 spiro atoms. The van der Waals surface area contributed by atoms with Gasteiger partial charge in [0.05, 0.1) is 0 Å². The number of amides is 3. The van der Waals surface area contributed by atoms with Crippen LogP contribution in [0.25, 0.3) is 0 Å². The van der Waals surface area contributed by atoms with E-state index in [1.54, 1.807) is 17.0 Å². The van der Waals surface area contributed by atoms with Crippen LogP contribution in [-0.2, 0) is 25.7 Å². The normalized spacial score (nSPS) is 21.3. The second-order valence-electron chi connectivity index (χ2n) is 5.89. The van der Waals surface area contributed by atoms with Gasteiger partial charge in [-0.1, -0.05) is 0 Å². The van der Waals surface area contributed by atoms with Gasteiger partial charge in [-0.2, -0.15) is 4.57 Å². The number of nitrogens with two attached hydrogens (primary N) is 1. The number of thioether (sulfide) groups is 2. The maximum absolute atomic E-state index is 12.2. The Kier molecular flexibility index (Phi) is 5.71. The highest BCUT2D eigenvalue weighted by Crippen LogP contribution is 2.41. The Morgan fingerprint density at radius 2 is 2.15 bits per heavy atom. The van der Waals surface area contributed by atoms with E-state index in [-0.39, 0.29) is 17.6 Å². The van der Waals surface area contributed by atoms with Crippen LogP contribution >= 0.6 is 23.5 Å². The van der Waals surface area contributed by atoms with E-state index in [4.69, 9.17) is 5.73 Å². The first-order valence-corrected chi connectivity index (χ1v) is 9.95. The van der Waals surface area contributed by atoms with Crippen molar-refractivity contribution in [1.82, 2.24) is 10.2 Å². The second kappa shape index (κ2) is 8.01. The highest BCUT2D eigenvalue weighted by atomic mass is 32.2. The topological polar surface area (TPSA) is 134 Å². The van der Waals surface area contributed by atoms with Crippen LogP contribution in [0.3, 0.4) is 0 Å². The quantitative estimate of drug-likeness (QED) is 0.215. The maximum atomic E-state index is 12.2. The monoisotopic (exact) mass is 409 g/mol. The van der Waals surface area contributed by atoms with Crippen molar-refractivity contribution in [2.24, 2.45) is 5.73 Å². The lowest BCUT2D eigenvalue weighted by Crippen LogP contribution is -2.69. The summed E-state index contributed by atoms with van der Waals surface area (Å²) in [7, 11) is 0. The van der Waals surface area contributed by atoms with Crippen LogP contribution in [0.4, 0.5) is 0 Å². The number of pyridine rings is 1. The Balaban J connectivity index is 1.71. The standard InChI is InChI=1S/C16H16N4O5S2/c17-11(22)5-19-3-1-10(2-4-19)26-6-9-7-27-15-12(18-8-21)14(23)20(15)13(9)16(24)25/h1-4,8,12,15H,5-7H2,(H3-,17,18,21,22,24,25)/p+1/t12-,15-/m1/s1. The molecule has 1 fully saturated rings. The zero-order chi connectivity index (χ0) is 19.6. The number of aromatic nitrogens is 1. The Morgan fingerprint density at radius 1 is 1.44 bits per heavy atom. The van der Waals surface area contributed by atoms with E-state index in [2.05, 4.69) is 5.32 Å². The average Bonchev–Trinajstić information content (AvgIpc) is 2.64. The van der Waals surface area contributed by atoms with Crippen LogP contribution in [-0.4, -0.2) is 57.1 Å². The number of β-lactam (4-membered cyclic amide) rings is 1. The molecule has 2 atom stereocenters. The number of carboxylic acid groups (broad SMARTS) is 1. The van der Waals surface area contributed by atoms with Crippen molar-refractivity contribution in [1.29, 1.82) is 0 Å². The van der Waals surface area contributed by atoms with Gasteiger partial charge >= 0.3 is 5.97 Å². The third kappa shape index (κ3) is 3.93. The van der Waals surface area contributed by atoms with Crippen LogP contribution in [0, 0.1) is 0 Å². The Hall–Kier alpha value is -2.53. The summed E-state index contributed by atoms with van der Waals surface area (Å²) in [6, 6.07) is 2.95. The molecule has 1 saturated heterocycles. The van der Waals surface area contributed by atoms with Crippen LogP contribution in [0.5, 0.6) is 0 Å². The SMILES string of the molecule is NC(=O)C[n+]1ccc(SCC2=C(C(=O)O)N3C(=O)[C@@H](NC=O)[C@H]3SC2)cc1. The number of carbonyl (C=O) groups is 4. The number of nitrogens with zero attached hydrogens (tertiary/aromatic N) is 2. The molecule has 142 valence electrons. The molecule has 0 radical (unpaired) electrons. The van der Waals surface area contributed by atoms with E-state index >= 15 is 0 Å². The molecule has 0 bridgehead atoms. The lowest BCUT2D eigenvalue weighted by molar-refractivity contribution is -0.684. The highest BCUT2D eigenvalue weighted by molar-refractivity contribution is 8.01. The van der Waals surface area contributed by atoms with E-state index in [9.17, 15) is 24.3 Å². The Labute approximate surface area is 163 Å². The van der Waals surface area contributed by atoms with Crippen LogP contribution in [0.2, 0.25) is 0 Å². The fourth-order valence-electron chi connectivity index (χ4n) is 2.88. The minimum absolute atomic E-state index is 0.0000717. The van der Waals surface area contributed by atoms with Gasteiger partial charge in [-0.05, 0) is 5.57 Å². The summed E-state index contributed by atoms with van der Waals surface area (Å²) in [5, 5.41) is 11.6. The van der Waals surface area contributed by atoms with Gasteiger partial charge in [-0.25, -0.2) is 4.79 Å². The second-order valence-corrected chi connectivity index (χ2v) is 8.04. The van der Waals surface area contributed by atoms with Crippen molar-refractivity contribution >= 4 is 47.7 Å². The van der Waals surface area contributed by atoms with Crippen molar-refractivity contribution in [3.05, 3.63) is 35.8 Å². The van der Waals surface area contributed by atoms with E-state index in [0.29, 0.717) is 23.5 Å². The predicted octanol–water partition coefficient (Wildman–Crippen LogP) is -1.08. The average molecular weight is 409 g/mol. The molecule has 0 aromatic carbocycles. The van der Waals surface area contributed by atoms with E-state index in [1.807, 2.05) is 12.1 Å². The first kappa shape index (κ1) is 19.2. The van der Waals surface area contributed by atoms with Gasteiger partial charge in [0.25, 0.3) is 11.8 Å². The van der Waals surface area contributed by atoms with Gasteiger partial charge in [0.15, 0.2) is 12.4 Å². The number of primary amides is 1. The number of nitrogens with one attached hydrogen (secondary N) is 1. The molecular weight excluding hydrogens is 392 g/mol. The first-order chi connectivity index (χ1) is 12.9. The molecule has 27 heavy (non-hydrogen) atoms. The molecule has 0 saturated carbocycles. The maximum Gasteiger partial charge on any atom is 0.352 e. The van der Waals surface area contributed by atoms with Crippen molar-refractivity contribution in [2.45, 2.75) is 22.9 Å². The van der Waals surface area contributed by atoms with Crippen LogP contribution in [0.15, 0.2) is 40.7 Å². The summed E-state index contributed by atoms with van der Waals surface area (Å²) in [4.78, 5) is 47.6. The molecule has 4 N–H and O–H groups in total. The summed E-state index contributed by atoms with van der Waals surface area (Å²) < 4.78 is 1.65. The largest absolute Gasteiger partial charge is 0.477 e. The fourth-order valence-corrected chi connectivity index (χ4v) is 5.26. The molecule has 2 aliphatic heterocycles. The van der Waals surface area contributed by atoms with Crippen LogP contribution < -0.4 is 15.6 Å². The van der Waals surface area contributed by atoms with Gasteiger partial charge in [-0.3, -0.25) is 19.3 Å². The zero-order valence-electron chi connectivity index (χ0n) is 14.0. The minimum atomic E-state index is -1.15. The third-order valence-electron chi connectivity index (χ3n) is 4.11. The van der Waals surface area contributed by atoms with Gasteiger partial charge in [0.1, 0.15) is 17.1 Å². The van der Waals surface area contributed by atoms with Crippen molar-refractivity contribution < 1.29 is 28.9 Å². The van der Waals surface area contributed by atoms with Crippen molar-refractivity contribution in [3.8, 4) is 0 Å². The lowest BCUT2D eigenvalue weighted by Gasteiger charge is -2.49. The molecule has 0 aliphatic carbocycles.